The maximum Gasteiger partial charge on any atom is 0.243 e. The summed E-state index contributed by atoms with van der Waals surface area (Å²) in [5, 5.41) is 7.98. The number of aromatic nitrogens is 3. The van der Waals surface area contributed by atoms with Gasteiger partial charge in [0.2, 0.25) is 5.95 Å². The van der Waals surface area contributed by atoms with Crippen LogP contribution in [0, 0.1) is 0 Å². The first kappa shape index (κ1) is 17.6. The molecule has 3 heterocycles. The minimum atomic E-state index is -2.84. The molecule has 1 aliphatic carbocycles. The van der Waals surface area contributed by atoms with Crippen molar-refractivity contribution in [1.82, 2.24) is 19.5 Å². The molecule has 1 aromatic carbocycles. The Bertz CT molecular complexity index is 1090. The van der Waals surface area contributed by atoms with Gasteiger partial charge in [-0.3, -0.25) is 4.90 Å². The van der Waals surface area contributed by atoms with E-state index in [2.05, 4.69) is 44.6 Å². The summed E-state index contributed by atoms with van der Waals surface area (Å²) in [4.78, 5) is 6.77. The summed E-state index contributed by atoms with van der Waals surface area (Å²) in [5.41, 5.74) is 4.10. The highest BCUT2D eigenvalue weighted by molar-refractivity contribution is 7.91. The fraction of sp³-hybridized carbons (Fsp3) is 0.400. The quantitative estimate of drug-likeness (QED) is 0.711. The first-order valence-electron chi connectivity index (χ1n) is 9.70. The molecule has 146 valence electrons. The molecule has 8 heteroatoms. The van der Waals surface area contributed by atoms with E-state index in [-0.39, 0.29) is 11.5 Å². The summed E-state index contributed by atoms with van der Waals surface area (Å²) in [6, 6.07) is 14.9. The molecule has 1 saturated heterocycles. The Hall–Kier alpha value is -2.45. The standard InChI is InChI=1S/C20H23N5O2S/c26-28(27)12-10-24(11-13-28)14-15-4-6-16(7-5-15)18-2-1-3-19-22-20(23-25(18)19)21-17-8-9-17/h1-7,17H,8-14H2,(H,21,23). The molecule has 28 heavy (non-hydrogen) atoms. The van der Waals surface area contributed by atoms with Gasteiger partial charge in [0.15, 0.2) is 15.5 Å². The molecule has 0 amide bonds. The predicted octanol–water partition coefficient (Wildman–Crippen LogP) is 2.20. The summed E-state index contributed by atoms with van der Waals surface area (Å²) >= 11 is 0. The lowest BCUT2D eigenvalue weighted by atomic mass is 10.1. The van der Waals surface area contributed by atoms with Gasteiger partial charge in [-0.05, 0) is 30.5 Å². The SMILES string of the molecule is O=S1(=O)CCN(Cc2ccc(-c3cccc4nc(NC5CC5)nn34)cc2)CC1. The van der Waals surface area contributed by atoms with Crippen LogP contribution in [-0.2, 0) is 16.4 Å². The van der Waals surface area contributed by atoms with Gasteiger partial charge in [0.25, 0.3) is 0 Å². The van der Waals surface area contributed by atoms with Crippen LogP contribution in [0.4, 0.5) is 5.95 Å². The topological polar surface area (TPSA) is 79.6 Å². The third-order valence-electron chi connectivity index (χ3n) is 5.36. The summed E-state index contributed by atoms with van der Waals surface area (Å²) < 4.78 is 25.0. The van der Waals surface area contributed by atoms with Gasteiger partial charge in [0.05, 0.1) is 17.2 Å². The lowest BCUT2D eigenvalue weighted by Gasteiger charge is -2.26. The Balaban J connectivity index is 1.34. The molecule has 2 fully saturated rings. The molecule has 3 aromatic rings. The van der Waals surface area contributed by atoms with E-state index in [1.807, 2.05) is 22.7 Å². The zero-order valence-corrected chi connectivity index (χ0v) is 16.4. The lowest BCUT2D eigenvalue weighted by Crippen LogP contribution is -2.39. The van der Waals surface area contributed by atoms with Crippen molar-refractivity contribution in [2.45, 2.75) is 25.4 Å². The first-order valence-corrected chi connectivity index (χ1v) is 11.5. The monoisotopic (exact) mass is 397 g/mol. The van der Waals surface area contributed by atoms with E-state index in [0.717, 1.165) is 23.4 Å². The summed E-state index contributed by atoms with van der Waals surface area (Å²) in [7, 11) is -2.84. The van der Waals surface area contributed by atoms with Crippen molar-refractivity contribution in [3.05, 3.63) is 48.0 Å². The van der Waals surface area contributed by atoms with E-state index in [1.54, 1.807) is 0 Å². The van der Waals surface area contributed by atoms with Crippen LogP contribution >= 0.6 is 0 Å². The molecule has 0 unspecified atom stereocenters. The minimum absolute atomic E-state index is 0.261. The van der Waals surface area contributed by atoms with Crippen LogP contribution in [0.2, 0.25) is 0 Å². The maximum absolute atomic E-state index is 11.6. The molecule has 7 nitrogen and oxygen atoms in total. The number of fused-ring (bicyclic) bond motifs is 1. The fourth-order valence-electron chi connectivity index (χ4n) is 3.54. The van der Waals surface area contributed by atoms with Crippen molar-refractivity contribution < 1.29 is 8.42 Å². The van der Waals surface area contributed by atoms with Crippen molar-refractivity contribution in [2.75, 3.05) is 29.9 Å². The molecule has 2 aliphatic rings. The number of rotatable bonds is 5. The van der Waals surface area contributed by atoms with E-state index in [1.165, 1.54) is 18.4 Å². The van der Waals surface area contributed by atoms with Crippen LogP contribution < -0.4 is 5.32 Å². The zero-order valence-electron chi connectivity index (χ0n) is 15.6. The second-order valence-corrected chi connectivity index (χ2v) is 9.96. The molecule has 1 saturated carbocycles. The maximum atomic E-state index is 11.6. The van der Waals surface area contributed by atoms with Gasteiger partial charge < -0.3 is 5.32 Å². The third-order valence-corrected chi connectivity index (χ3v) is 6.97. The fourth-order valence-corrected chi connectivity index (χ4v) is 4.82. The Kier molecular flexibility index (Phi) is 4.32. The van der Waals surface area contributed by atoms with Crippen molar-refractivity contribution in [2.24, 2.45) is 0 Å². The molecular weight excluding hydrogens is 374 g/mol. The number of nitrogens with one attached hydrogen (secondary N) is 1. The van der Waals surface area contributed by atoms with Gasteiger partial charge in [-0.15, -0.1) is 5.10 Å². The van der Waals surface area contributed by atoms with E-state index in [9.17, 15) is 8.42 Å². The zero-order chi connectivity index (χ0) is 19.1. The highest BCUT2D eigenvalue weighted by Gasteiger charge is 2.23. The van der Waals surface area contributed by atoms with Crippen molar-refractivity contribution in [3.8, 4) is 11.3 Å². The average molecular weight is 398 g/mol. The van der Waals surface area contributed by atoms with Gasteiger partial charge >= 0.3 is 0 Å². The molecular formula is C20H23N5O2S. The first-order chi connectivity index (χ1) is 13.6. The van der Waals surface area contributed by atoms with Crippen LogP contribution in [0.3, 0.4) is 0 Å². The number of nitrogens with zero attached hydrogens (tertiary/aromatic N) is 4. The van der Waals surface area contributed by atoms with Gasteiger partial charge in [0.1, 0.15) is 0 Å². The number of hydrogen-bond acceptors (Lipinski definition) is 6. The minimum Gasteiger partial charge on any atom is -0.350 e. The Labute approximate surface area is 164 Å². The van der Waals surface area contributed by atoms with Gasteiger partial charge in [-0.2, -0.15) is 4.98 Å². The van der Waals surface area contributed by atoms with Gasteiger partial charge in [-0.1, -0.05) is 30.3 Å². The molecule has 5 rings (SSSR count). The highest BCUT2D eigenvalue weighted by Crippen LogP contribution is 2.25. The number of anilines is 1. The second-order valence-electron chi connectivity index (χ2n) is 7.66. The largest absolute Gasteiger partial charge is 0.350 e. The molecule has 2 aromatic heterocycles. The predicted molar refractivity (Wildman–Crippen MR) is 109 cm³/mol. The normalized spacial score (nSPS) is 19.7. The molecule has 1 aliphatic heterocycles. The van der Waals surface area contributed by atoms with Crippen LogP contribution in [0.5, 0.6) is 0 Å². The smallest absolute Gasteiger partial charge is 0.243 e. The highest BCUT2D eigenvalue weighted by atomic mass is 32.2. The summed E-state index contributed by atoms with van der Waals surface area (Å²) in [5.74, 6) is 1.21. The Morgan fingerprint density at radius 3 is 2.50 bits per heavy atom. The molecule has 0 radical (unpaired) electrons. The van der Waals surface area contributed by atoms with Crippen LogP contribution in [0.15, 0.2) is 42.5 Å². The summed E-state index contributed by atoms with van der Waals surface area (Å²) in [6.07, 6.45) is 2.37. The van der Waals surface area contributed by atoms with E-state index < -0.39 is 9.84 Å². The molecule has 0 bridgehead atoms. The van der Waals surface area contributed by atoms with Crippen molar-refractivity contribution >= 4 is 21.4 Å². The molecule has 1 N–H and O–H groups in total. The van der Waals surface area contributed by atoms with E-state index >= 15 is 0 Å². The van der Waals surface area contributed by atoms with Crippen molar-refractivity contribution in [3.63, 3.8) is 0 Å². The third kappa shape index (κ3) is 3.74. The van der Waals surface area contributed by atoms with Crippen LogP contribution in [-0.4, -0.2) is 58.6 Å². The van der Waals surface area contributed by atoms with E-state index in [4.69, 9.17) is 0 Å². The molecule has 0 atom stereocenters. The Morgan fingerprint density at radius 2 is 1.79 bits per heavy atom. The van der Waals surface area contributed by atoms with Crippen LogP contribution in [0.1, 0.15) is 18.4 Å². The number of benzene rings is 1. The van der Waals surface area contributed by atoms with E-state index in [0.29, 0.717) is 25.1 Å². The summed E-state index contributed by atoms with van der Waals surface area (Å²) in [6.45, 7) is 2.00. The Morgan fingerprint density at radius 1 is 1.04 bits per heavy atom. The number of hydrogen-bond donors (Lipinski definition) is 1. The average Bonchev–Trinajstić information content (AvgIpc) is 3.39. The number of pyridine rings is 1. The van der Waals surface area contributed by atoms with Gasteiger partial charge in [0, 0.05) is 31.2 Å². The van der Waals surface area contributed by atoms with Gasteiger partial charge in [-0.25, -0.2) is 12.9 Å². The van der Waals surface area contributed by atoms with Crippen LogP contribution in [0.25, 0.3) is 16.9 Å². The second kappa shape index (κ2) is 6.86. The molecule has 0 spiro atoms. The lowest BCUT2D eigenvalue weighted by molar-refractivity contribution is 0.287. The van der Waals surface area contributed by atoms with Crippen molar-refractivity contribution in [1.29, 1.82) is 0 Å². The number of sulfone groups is 1.